The van der Waals surface area contributed by atoms with Gasteiger partial charge in [0, 0.05) is 18.8 Å². The Morgan fingerprint density at radius 2 is 1.80 bits per heavy atom. The van der Waals surface area contributed by atoms with Gasteiger partial charge in [-0.1, -0.05) is 27.7 Å². The van der Waals surface area contributed by atoms with Crippen molar-refractivity contribution in [2.24, 2.45) is 11.3 Å². The molecule has 0 aliphatic heterocycles. The molecule has 0 fully saturated rings. The highest BCUT2D eigenvalue weighted by molar-refractivity contribution is 5.83. The van der Waals surface area contributed by atoms with E-state index < -0.39 is 0 Å². The standard InChI is InChI=1S/C12H22O3/c1-9(6-7-15-10(2)13)8-11(14)12(3,4)5/h9H,6-8H2,1-5H3/t9-/m0/s1. The smallest absolute Gasteiger partial charge is 0.302 e. The number of carbonyl (C=O) groups excluding carboxylic acids is 2. The summed E-state index contributed by atoms with van der Waals surface area (Å²) in [6.45, 7) is 9.59. The van der Waals surface area contributed by atoms with Crippen LogP contribution in [-0.4, -0.2) is 18.4 Å². The molecule has 0 amide bonds. The highest BCUT2D eigenvalue weighted by Gasteiger charge is 2.22. The van der Waals surface area contributed by atoms with Crippen LogP contribution in [0.15, 0.2) is 0 Å². The zero-order chi connectivity index (χ0) is 12.1. The van der Waals surface area contributed by atoms with Gasteiger partial charge in [0.05, 0.1) is 6.61 Å². The van der Waals surface area contributed by atoms with E-state index in [0.29, 0.717) is 13.0 Å². The van der Waals surface area contributed by atoms with Crippen molar-refractivity contribution in [3.05, 3.63) is 0 Å². The molecule has 0 spiro atoms. The molecule has 0 aromatic rings. The molecule has 0 saturated heterocycles. The number of hydrogen-bond acceptors (Lipinski definition) is 3. The lowest BCUT2D eigenvalue weighted by molar-refractivity contribution is -0.141. The fourth-order valence-electron chi connectivity index (χ4n) is 1.13. The maximum Gasteiger partial charge on any atom is 0.302 e. The van der Waals surface area contributed by atoms with E-state index in [2.05, 4.69) is 0 Å². The molecule has 0 aliphatic carbocycles. The molecule has 3 nitrogen and oxygen atoms in total. The van der Waals surface area contributed by atoms with Crippen molar-refractivity contribution in [3.63, 3.8) is 0 Å². The SMILES string of the molecule is CC(=O)OCC[C@H](C)CC(=O)C(C)(C)C. The van der Waals surface area contributed by atoms with Crippen LogP contribution in [0.1, 0.15) is 47.5 Å². The second-order valence-corrected chi connectivity index (χ2v) is 5.11. The maximum absolute atomic E-state index is 11.7. The highest BCUT2D eigenvalue weighted by Crippen LogP contribution is 2.21. The van der Waals surface area contributed by atoms with Crippen LogP contribution in [-0.2, 0) is 14.3 Å². The highest BCUT2D eigenvalue weighted by atomic mass is 16.5. The van der Waals surface area contributed by atoms with Crippen LogP contribution in [0, 0.1) is 11.3 Å². The molecule has 0 heterocycles. The number of ketones is 1. The summed E-state index contributed by atoms with van der Waals surface area (Å²) in [5.41, 5.74) is -0.268. The van der Waals surface area contributed by atoms with Gasteiger partial charge < -0.3 is 4.74 Å². The van der Waals surface area contributed by atoms with Gasteiger partial charge in [0.2, 0.25) is 0 Å². The first kappa shape index (κ1) is 14.1. The summed E-state index contributed by atoms with van der Waals surface area (Å²) < 4.78 is 4.83. The Hall–Kier alpha value is -0.860. The van der Waals surface area contributed by atoms with Gasteiger partial charge in [-0.15, -0.1) is 0 Å². The van der Waals surface area contributed by atoms with Gasteiger partial charge in [-0.2, -0.15) is 0 Å². The van der Waals surface area contributed by atoms with Crippen molar-refractivity contribution < 1.29 is 14.3 Å². The van der Waals surface area contributed by atoms with Crippen molar-refractivity contribution in [1.82, 2.24) is 0 Å². The summed E-state index contributed by atoms with van der Waals surface area (Å²) in [4.78, 5) is 22.2. The first-order valence-corrected chi connectivity index (χ1v) is 5.40. The Morgan fingerprint density at radius 1 is 1.27 bits per heavy atom. The fraction of sp³-hybridized carbons (Fsp3) is 0.833. The number of Topliss-reactive ketones (excluding diaryl/α,β-unsaturated/α-hetero) is 1. The molecular formula is C12H22O3. The first-order chi connectivity index (χ1) is 6.73. The number of esters is 1. The van der Waals surface area contributed by atoms with Crippen LogP contribution in [0.25, 0.3) is 0 Å². The van der Waals surface area contributed by atoms with Gasteiger partial charge in [0.25, 0.3) is 0 Å². The predicted molar refractivity (Wildman–Crippen MR) is 59.5 cm³/mol. The fourth-order valence-corrected chi connectivity index (χ4v) is 1.13. The number of carbonyl (C=O) groups is 2. The third kappa shape index (κ3) is 7.11. The topological polar surface area (TPSA) is 43.4 Å². The Morgan fingerprint density at radius 3 is 2.20 bits per heavy atom. The molecule has 0 radical (unpaired) electrons. The summed E-state index contributed by atoms with van der Waals surface area (Å²) >= 11 is 0. The van der Waals surface area contributed by atoms with Gasteiger partial charge in [0.1, 0.15) is 5.78 Å². The van der Waals surface area contributed by atoms with Crippen molar-refractivity contribution in [2.75, 3.05) is 6.61 Å². The molecule has 0 unspecified atom stereocenters. The van der Waals surface area contributed by atoms with Crippen LogP contribution in [0.2, 0.25) is 0 Å². The number of rotatable bonds is 5. The third-order valence-electron chi connectivity index (χ3n) is 2.29. The quantitative estimate of drug-likeness (QED) is 0.661. The van der Waals surface area contributed by atoms with Gasteiger partial charge >= 0.3 is 5.97 Å². The molecule has 15 heavy (non-hydrogen) atoms. The monoisotopic (exact) mass is 214 g/mol. The Bertz CT molecular complexity index is 226. The van der Waals surface area contributed by atoms with Crippen LogP contribution in [0.4, 0.5) is 0 Å². The van der Waals surface area contributed by atoms with Gasteiger partial charge in [-0.25, -0.2) is 0 Å². The molecule has 0 aromatic heterocycles. The molecule has 3 heteroatoms. The van der Waals surface area contributed by atoms with E-state index in [4.69, 9.17) is 4.74 Å². The third-order valence-corrected chi connectivity index (χ3v) is 2.29. The summed E-state index contributed by atoms with van der Waals surface area (Å²) in [6.07, 6.45) is 1.31. The van der Waals surface area contributed by atoms with Crippen molar-refractivity contribution in [1.29, 1.82) is 0 Å². The minimum absolute atomic E-state index is 0.260. The molecule has 88 valence electrons. The molecule has 1 atom stereocenters. The van der Waals surface area contributed by atoms with Crippen LogP contribution >= 0.6 is 0 Å². The van der Waals surface area contributed by atoms with Crippen LogP contribution < -0.4 is 0 Å². The average molecular weight is 214 g/mol. The van der Waals surface area contributed by atoms with Crippen LogP contribution in [0.3, 0.4) is 0 Å². The molecule has 0 aromatic carbocycles. The molecular weight excluding hydrogens is 192 g/mol. The largest absolute Gasteiger partial charge is 0.466 e. The Balaban J connectivity index is 3.79. The number of ether oxygens (including phenoxy) is 1. The van der Waals surface area contributed by atoms with E-state index in [1.54, 1.807) is 0 Å². The van der Waals surface area contributed by atoms with Crippen molar-refractivity contribution in [3.8, 4) is 0 Å². The molecule has 0 saturated carbocycles. The van der Waals surface area contributed by atoms with E-state index in [-0.39, 0.29) is 23.1 Å². The molecule has 0 bridgehead atoms. The second kappa shape index (κ2) is 5.89. The zero-order valence-electron chi connectivity index (χ0n) is 10.4. The summed E-state index contributed by atoms with van der Waals surface area (Å²) in [5, 5.41) is 0. The Kier molecular flexibility index (Phi) is 5.55. The van der Waals surface area contributed by atoms with Crippen LogP contribution in [0.5, 0.6) is 0 Å². The van der Waals surface area contributed by atoms with E-state index in [9.17, 15) is 9.59 Å². The second-order valence-electron chi connectivity index (χ2n) is 5.11. The van der Waals surface area contributed by atoms with E-state index in [1.165, 1.54) is 6.92 Å². The summed E-state index contributed by atoms with van der Waals surface area (Å²) in [5.74, 6) is 0.276. The molecule has 0 rings (SSSR count). The summed E-state index contributed by atoms with van der Waals surface area (Å²) in [6, 6.07) is 0. The Labute approximate surface area is 92.2 Å². The van der Waals surface area contributed by atoms with E-state index in [1.807, 2.05) is 27.7 Å². The number of hydrogen-bond donors (Lipinski definition) is 0. The predicted octanol–water partition coefficient (Wildman–Crippen LogP) is 2.58. The van der Waals surface area contributed by atoms with Crippen molar-refractivity contribution >= 4 is 11.8 Å². The van der Waals surface area contributed by atoms with Gasteiger partial charge in [-0.05, 0) is 12.3 Å². The summed E-state index contributed by atoms with van der Waals surface area (Å²) in [7, 11) is 0. The van der Waals surface area contributed by atoms with Gasteiger partial charge in [-0.3, -0.25) is 9.59 Å². The maximum atomic E-state index is 11.7. The minimum atomic E-state index is -0.268. The molecule has 0 aliphatic rings. The lowest BCUT2D eigenvalue weighted by Gasteiger charge is -2.19. The zero-order valence-corrected chi connectivity index (χ0v) is 10.4. The lowest BCUT2D eigenvalue weighted by atomic mass is 9.85. The average Bonchev–Trinajstić information content (AvgIpc) is 2.01. The van der Waals surface area contributed by atoms with E-state index >= 15 is 0 Å². The first-order valence-electron chi connectivity index (χ1n) is 5.40. The van der Waals surface area contributed by atoms with Crippen molar-refractivity contribution in [2.45, 2.75) is 47.5 Å². The normalized spacial score (nSPS) is 13.4. The molecule has 0 N–H and O–H groups in total. The van der Waals surface area contributed by atoms with E-state index in [0.717, 1.165) is 6.42 Å². The minimum Gasteiger partial charge on any atom is -0.466 e. The van der Waals surface area contributed by atoms with Gasteiger partial charge in [0.15, 0.2) is 0 Å². The lowest BCUT2D eigenvalue weighted by Crippen LogP contribution is -2.22.